The molecule has 1 saturated heterocycles. The Morgan fingerprint density at radius 1 is 1.30 bits per heavy atom. The molecule has 0 bridgehead atoms. The maximum atomic E-state index is 12.1. The third kappa shape index (κ3) is 5.42. The molecule has 0 radical (unpaired) electrons. The molecule has 1 aromatic rings. The molecule has 0 spiro atoms. The molecule has 1 fully saturated rings. The highest BCUT2D eigenvalue weighted by molar-refractivity contribution is 7.80. The number of morpholine rings is 1. The number of ether oxygens (including phenoxy) is 1. The van der Waals surface area contributed by atoms with E-state index in [2.05, 4.69) is 24.5 Å². The number of halogens is 1. The molecule has 0 atom stereocenters. The predicted octanol–water partition coefficient (Wildman–Crippen LogP) is 0.638. The lowest BCUT2D eigenvalue weighted by atomic mass is 10.0. The van der Waals surface area contributed by atoms with Crippen LogP contribution in [-0.4, -0.2) is 49.4 Å². The van der Waals surface area contributed by atoms with Crippen molar-refractivity contribution in [2.45, 2.75) is 19.4 Å². The van der Waals surface area contributed by atoms with Crippen LogP contribution in [0, 0.1) is 0 Å². The molecule has 2 rings (SSSR count). The Labute approximate surface area is 147 Å². The van der Waals surface area contributed by atoms with Gasteiger partial charge in [-0.2, -0.15) is 0 Å². The molecular formula is C16H23ClN3O2S+. The largest absolute Gasteiger partial charge is 0.370 e. The molecule has 1 amide bonds. The van der Waals surface area contributed by atoms with E-state index in [0.717, 1.165) is 26.3 Å². The molecule has 1 heterocycles. The molecule has 0 aliphatic carbocycles. The summed E-state index contributed by atoms with van der Waals surface area (Å²) in [6.45, 7) is 8.60. The number of amides is 1. The first-order valence-corrected chi connectivity index (χ1v) is 8.45. The highest BCUT2D eigenvalue weighted by atomic mass is 35.5. The number of carbonyl (C=O) groups excluding carboxylic acids is 1. The van der Waals surface area contributed by atoms with Gasteiger partial charge in [0.25, 0.3) is 5.91 Å². The first-order chi connectivity index (χ1) is 10.9. The van der Waals surface area contributed by atoms with Gasteiger partial charge in [-0.1, -0.05) is 11.6 Å². The van der Waals surface area contributed by atoms with Gasteiger partial charge in [-0.3, -0.25) is 10.1 Å². The molecule has 126 valence electrons. The summed E-state index contributed by atoms with van der Waals surface area (Å²) in [6, 6.07) is 6.69. The average molecular weight is 357 g/mol. The number of thiocarbonyl (C=S) groups is 1. The van der Waals surface area contributed by atoms with E-state index in [0.29, 0.717) is 22.2 Å². The molecule has 7 heteroatoms. The molecule has 3 N–H and O–H groups in total. The average Bonchev–Trinajstić information content (AvgIpc) is 2.54. The normalized spacial score (nSPS) is 16.0. The topological polar surface area (TPSA) is 54.8 Å². The van der Waals surface area contributed by atoms with E-state index in [1.54, 1.807) is 24.3 Å². The van der Waals surface area contributed by atoms with Crippen molar-refractivity contribution in [1.82, 2.24) is 10.6 Å². The van der Waals surface area contributed by atoms with Crippen LogP contribution in [0.5, 0.6) is 0 Å². The number of rotatable bonds is 4. The fourth-order valence-electron chi connectivity index (χ4n) is 2.54. The Kier molecular flexibility index (Phi) is 6.35. The third-order valence-corrected chi connectivity index (χ3v) is 4.58. The van der Waals surface area contributed by atoms with Gasteiger partial charge in [0.05, 0.1) is 19.8 Å². The van der Waals surface area contributed by atoms with Gasteiger partial charge in [-0.25, -0.2) is 0 Å². The van der Waals surface area contributed by atoms with Crippen LogP contribution in [0.4, 0.5) is 0 Å². The standard InChI is InChI=1S/C16H22ClN3O2S/c1-16(2,20-7-9-22-10-8-20)11-18-15(23)19-14(21)12-3-5-13(17)6-4-12/h3-6H,7-11H2,1-2H3,(H2,18,19,21,23)/p+1. The van der Waals surface area contributed by atoms with Crippen molar-refractivity contribution >= 4 is 34.8 Å². The van der Waals surface area contributed by atoms with Crippen LogP contribution in [0.2, 0.25) is 5.02 Å². The van der Waals surface area contributed by atoms with Crippen LogP contribution in [0.15, 0.2) is 24.3 Å². The second-order valence-electron chi connectivity index (χ2n) is 6.24. The van der Waals surface area contributed by atoms with E-state index in [-0.39, 0.29) is 11.4 Å². The molecule has 1 aliphatic rings. The monoisotopic (exact) mass is 356 g/mol. The van der Waals surface area contributed by atoms with Crippen molar-refractivity contribution in [3.63, 3.8) is 0 Å². The lowest BCUT2D eigenvalue weighted by Gasteiger charge is -2.37. The summed E-state index contributed by atoms with van der Waals surface area (Å²) in [4.78, 5) is 13.6. The Balaban J connectivity index is 1.82. The van der Waals surface area contributed by atoms with Gasteiger partial charge in [0.2, 0.25) is 0 Å². The van der Waals surface area contributed by atoms with Crippen LogP contribution in [-0.2, 0) is 4.74 Å². The number of benzene rings is 1. The van der Waals surface area contributed by atoms with Gasteiger partial charge in [-0.05, 0) is 50.3 Å². The van der Waals surface area contributed by atoms with E-state index in [4.69, 9.17) is 28.6 Å². The number of quaternary nitrogens is 1. The summed E-state index contributed by atoms with van der Waals surface area (Å²) < 4.78 is 5.40. The summed E-state index contributed by atoms with van der Waals surface area (Å²) in [5.74, 6) is -0.240. The molecule has 23 heavy (non-hydrogen) atoms. The molecule has 1 aliphatic heterocycles. The first-order valence-electron chi connectivity index (χ1n) is 7.66. The maximum absolute atomic E-state index is 12.1. The predicted molar refractivity (Wildman–Crippen MR) is 95.1 cm³/mol. The Morgan fingerprint density at radius 3 is 2.52 bits per heavy atom. The zero-order chi connectivity index (χ0) is 16.9. The van der Waals surface area contributed by atoms with Crippen molar-refractivity contribution in [2.75, 3.05) is 32.8 Å². The van der Waals surface area contributed by atoms with E-state index in [1.807, 2.05) is 0 Å². The Morgan fingerprint density at radius 2 is 1.91 bits per heavy atom. The lowest BCUT2D eigenvalue weighted by Crippen LogP contribution is -3.22. The summed E-state index contributed by atoms with van der Waals surface area (Å²) in [5.41, 5.74) is 0.537. The zero-order valence-electron chi connectivity index (χ0n) is 13.4. The maximum Gasteiger partial charge on any atom is 0.257 e. The summed E-state index contributed by atoms with van der Waals surface area (Å²) in [7, 11) is 0. The number of hydrogen-bond acceptors (Lipinski definition) is 3. The van der Waals surface area contributed by atoms with Crippen molar-refractivity contribution < 1.29 is 14.4 Å². The lowest BCUT2D eigenvalue weighted by molar-refractivity contribution is -0.954. The van der Waals surface area contributed by atoms with E-state index in [1.165, 1.54) is 4.90 Å². The fourth-order valence-corrected chi connectivity index (χ4v) is 2.83. The number of nitrogens with one attached hydrogen (secondary N) is 3. The quantitative estimate of drug-likeness (QED) is 0.693. The minimum absolute atomic E-state index is 0.0127. The summed E-state index contributed by atoms with van der Waals surface area (Å²) in [5, 5.41) is 6.77. The second-order valence-corrected chi connectivity index (χ2v) is 7.09. The van der Waals surface area contributed by atoms with Crippen molar-refractivity contribution in [1.29, 1.82) is 0 Å². The molecule has 0 saturated carbocycles. The smallest absolute Gasteiger partial charge is 0.257 e. The summed E-state index contributed by atoms with van der Waals surface area (Å²) >= 11 is 11.0. The van der Waals surface area contributed by atoms with Crippen molar-refractivity contribution in [2.24, 2.45) is 0 Å². The summed E-state index contributed by atoms with van der Waals surface area (Å²) in [6.07, 6.45) is 0. The minimum atomic E-state index is -0.240. The molecule has 1 aromatic carbocycles. The second kappa shape index (κ2) is 8.06. The number of hydrogen-bond donors (Lipinski definition) is 3. The van der Waals surface area contributed by atoms with Crippen LogP contribution in [0.25, 0.3) is 0 Å². The molecule has 0 unspecified atom stereocenters. The Hall–Kier alpha value is -1.21. The third-order valence-electron chi connectivity index (χ3n) is 4.08. The number of carbonyl (C=O) groups is 1. The van der Waals surface area contributed by atoms with Crippen molar-refractivity contribution in [3.05, 3.63) is 34.9 Å². The highest BCUT2D eigenvalue weighted by Gasteiger charge is 2.32. The zero-order valence-corrected chi connectivity index (χ0v) is 15.0. The van der Waals surface area contributed by atoms with Gasteiger partial charge in [0, 0.05) is 10.6 Å². The van der Waals surface area contributed by atoms with Crippen LogP contribution >= 0.6 is 23.8 Å². The van der Waals surface area contributed by atoms with Gasteiger partial charge in [-0.15, -0.1) is 0 Å². The SMILES string of the molecule is CC(C)(CNC(=S)NC(=O)c1ccc(Cl)cc1)[NH+]1CCOCC1. The first kappa shape index (κ1) is 18.1. The van der Waals surface area contributed by atoms with E-state index >= 15 is 0 Å². The molecule has 0 aromatic heterocycles. The van der Waals surface area contributed by atoms with Crippen LogP contribution in [0.1, 0.15) is 24.2 Å². The fraction of sp³-hybridized carbons (Fsp3) is 0.500. The van der Waals surface area contributed by atoms with Crippen LogP contribution < -0.4 is 15.5 Å². The molecule has 5 nitrogen and oxygen atoms in total. The van der Waals surface area contributed by atoms with Crippen LogP contribution in [0.3, 0.4) is 0 Å². The van der Waals surface area contributed by atoms with Gasteiger partial charge in [0.15, 0.2) is 5.11 Å². The van der Waals surface area contributed by atoms with Gasteiger partial charge >= 0.3 is 0 Å². The van der Waals surface area contributed by atoms with E-state index < -0.39 is 0 Å². The molecular weight excluding hydrogens is 334 g/mol. The van der Waals surface area contributed by atoms with E-state index in [9.17, 15) is 4.79 Å². The van der Waals surface area contributed by atoms with Gasteiger partial charge in [0.1, 0.15) is 18.6 Å². The highest BCUT2D eigenvalue weighted by Crippen LogP contribution is 2.09. The minimum Gasteiger partial charge on any atom is -0.370 e. The Bertz CT molecular complexity index is 557. The van der Waals surface area contributed by atoms with Gasteiger partial charge < -0.3 is 15.0 Å². The van der Waals surface area contributed by atoms with Crippen molar-refractivity contribution in [3.8, 4) is 0 Å².